The van der Waals surface area contributed by atoms with Crippen molar-refractivity contribution in [2.75, 3.05) is 13.7 Å². The van der Waals surface area contributed by atoms with Gasteiger partial charge in [0.25, 0.3) is 0 Å². The molecule has 1 aliphatic rings. The van der Waals surface area contributed by atoms with Gasteiger partial charge in [-0.25, -0.2) is 4.79 Å². The number of ether oxygens (including phenoxy) is 6. The number of benzene rings is 3. The molecule has 1 fully saturated rings. The molecule has 7 heteroatoms. The smallest absolute Gasteiger partial charge is 0.330 e. The number of carbonyl (C=O) groups excluding carboxylic acids is 1. The Bertz CT molecular complexity index is 1140. The highest BCUT2D eigenvalue weighted by Crippen LogP contribution is 2.31. The van der Waals surface area contributed by atoms with Crippen molar-refractivity contribution >= 4 is 5.97 Å². The summed E-state index contributed by atoms with van der Waals surface area (Å²) in [5.74, 6) is -0.495. The molecule has 7 nitrogen and oxygen atoms in total. The van der Waals surface area contributed by atoms with Crippen LogP contribution in [0.15, 0.2) is 103 Å². The Morgan fingerprint density at radius 3 is 1.77 bits per heavy atom. The van der Waals surface area contributed by atoms with Crippen LogP contribution in [0.25, 0.3) is 0 Å². The molecule has 0 N–H and O–H groups in total. The van der Waals surface area contributed by atoms with Crippen molar-refractivity contribution < 1.29 is 33.2 Å². The molecule has 0 unspecified atom stereocenters. The zero-order valence-corrected chi connectivity index (χ0v) is 22.4. The van der Waals surface area contributed by atoms with Crippen molar-refractivity contribution in [1.82, 2.24) is 0 Å². The third-order valence-corrected chi connectivity index (χ3v) is 6.34. The van der Waals surface area contributed by atoms with E-state index < -0.39 is 36.7 Å². The Morgan fingerprint density at radius 1 is 0.744 bits per heavy atom. The Hall–Kier alpha value is -3.33. The van der Waals surface area contributed by atoms with E-state index in [4.69, 9.17) is 28.4 Å². The maximum Gasteiger partial charge on any atom is 0.330 e. The van der Waals surface area contributed by atoms with Gasteiger partial charge in [-0.1, -0.05) is 97.1 Å². The fraction of sp³-hybridized carbons (Fsp3) is 0.344. The molecule has 4 rings (SSSR count). The zero-order chi connectivity index (χ0) is 27.3. The summed E-state index contributed by atoms with van der Waals surface area (Å²) in [7, 11) is 1.56. The number of hydrogen-bond acceptors (Lipinski definition) is 7. The molecule has 39 heavy (non-hydrogen) atoms. The van der Waals surface area contributed by atoms with Gasteiger partial charge in [0.1, 0.15) is 18.3 Å². The van der Waals surface area contributed by atoms with Gasteiger partial charge in [-0.05, 0) is 23.6 Å². The van der Waals surface area contributed by atoms with Crippen LogP contribution in [0, 0.1) is 0 Å². The number of methoxy groups -OCH3 is 1. The zero-order valence-electron chi connectivity index (χ0n) is 22.4. The minimum absolute atomic E-state index is 0.166. The maximum atomic E-state index is 12.7. The molecule has 0 aromatic heterocycles. The van der Waals surface area contributed by atoms with E-state index in [0.29, 0.717) is 19.8 Å². The highest BCUT2D eigenvalue weighted by atomic mass is 16.7. The summed E-state index contributed by atoms with van der Waals surface area (Å²) in [6, 6.07) is 29.5. The minimum atomic E-state index is -0.805. The second-order valence-electron chi connectivity index (χ2n) is 9.20. The van der Waals surface area contributed by atoms with Crippen molar-refractivity contribution in [3.63, 3.8) is 0 Å². The van der Waals surface area contributed by atoms with Crippen molar-refractivity contribution in [2.24, 2.45) is 0 Å². The van der Waals surface area contributed by atoms with Crippen molar-refractivity contribution in [3.05, 3.63) is 120 Å². The number of allylic oxidation sites excluding steroid dienone is 1. The van der Waals surface area contributed by atoms with E-state index in [1.165, 1.54) is 6.08 Å². The van der Waals surface area contributed by atoms with Crippen LogP contribution in [-0.4, -0.2) is 50.4 Å². The molecule has 1 aliphatic heterocycles. The van der Waals surface area contributed by atoms with Crippen LogP contribution in [0.4, 0.5) is 0 Å². The molecule has 0 bridgehead atoms. The van der Waals surface area contributed by atoms with Gasteiger partial charge in [-0.15, -0.1) is 0 Å². The van der Waals surface area contributed by atoms with Crippen LogP contribution in [0.3, 0.4) is 0 Å². The summed E-state index contributed by atoms with van der Waals surface area (Å²) in [5, 5.41) is 0. The summed E-state index contributed by atoms with van der Waals surface area (Å²) in [6.45, 7) is 2.92. The van der Waals surface area contributed by atoms with Crippen LogP contribution in [0.5, 0.6) is 0 Å². The lowest BCUT2D eigenvalue weighted by molar-refractivity contribution is -0.317. The molecule has 1 heterocycles. The predicted octanol–water partition coefficient (Wildman–Crippen LogP) is 5.23. The lowest BCUT2D eigenvalue weighted by Crippen LogP contribution is -2.62. The molecule has 0 aliphatic carbocycles. The van der Waals surface area contributed by atoms with Crippen molar-refractivity contribution in [2.45, 2.75) is 57.5 Å². The van der Waals surface area contributed by atoms with Crippen LogP contribution < -0.4 is 0 Å². The number of rotatable bonds is 13. The molecule has 3 aromatic rings. The van der Waals surface area contributed by atoms with Gasteiger partial charge in [0.05, 0.1) is 26.4 Å². The highest BCUT2D eigenvalue weighted by Gasteiger charge is 2.50. The van der Waals surface area contributed by atoms with E-state index >= 15 is 0 Å². The molecule has 0 radical (unpaired) electrons. The summed E-state index contributed by atoms with van der Waals surface area (Å²) >= 11 is 0. The summed E-state index contributed by atoms with van der Waals surface area (Å²) in [5.41, 5.74) is 3.00. The quantitative estimate of drug-likeness (QED) is 0.220. The van der Waals surface area contributed by atoms with Crippen LogP contribution in [0.1, 0.15) is 23.6 Å². The van der Waals surface area contributed by atoms with E-state index in [2.05, 4.69) is 0 Å². The average Bonchev–Trinajstić information content (AvgIpc) is 2.98. The second kappa shape index (κ2) is 15.3. The Kier molecular flexibility index (Phi) is 11.3. The Labute approximate surface area is 230 Å². The molecular formula is C32H36O7. The molecule has 5 atom stereocenters. The second-order valence-corrected chi connectivity index (χ2v) is 9.20. The number of carbonyl (C=O) groups is 1. The van der Waals surface area contributed by atoms with E-state index in [-0.39, 0.29) is 6.61 Å². The number of hydrogen-bond donors (Lipinski definition) is 0. The Morgan fingerprint density at radius 2 is 1.26 bits per heavy atom. The Balaban J connectivity index is 1.58. The van der Waals surface area contributed by atoms with E-state index in [9.17, 15) is 4.79 Å². The molecule has 0 spiro atoms. The summed E-state index contributed by atoms with van der Waals surface area (Å²) in [4.78, 5) is 12.7. The van der Waals surface area contributed by atoms with Gasteiger partial charge in [0.15, 0.2) is 12.4 Å². The van der Waals surface area contributed by atoms with Gasteiger partial charge in [-0.3, -0.25) is 0 Å². The molecule has 3 aromatic carbocycles. The highest BCUT2D eigenvalue weighted by molar-refractivity contribution is 5.82. The minimum Gasteiger partial charge on any atom is -0.453 e. The normalized spacial score (nSPS) is 23.1. The van der Waals surface area contributed by atoms with Gasteiger partial charge in [0, 0.05) is 13.2 Å². The van der Waals surface area contributed by atoms with Gasteiger partial charge < -0.3 is 28.4 Å². The first kappa shape index (κ1) is 28.7. The van der Waals surface area contributed by atoms with Gasteiger partial charge >= 0.3 is 5.97 Å². The van der Waals surface area contributed by atoms with Gasteiger partial charge in [0.2, 0.25) is 0 Å². The monoisotopic (exact) mass is 532 g/mol. The predicted molar refractivity (Wildman–Crippen MR) is 146 cm³/mol. The molecule has 1 saturated heterocycles. The first-order chi connectivity index (χ1) is 19.2. The molecule has 0 amide bonds. The van der Waals surface area contributed by atoms with E-state index in [1.807, 2.05) is 91.0 Å². The van der Waals surface area contributed by atoms with Crippen molar-refractivity contribution in [3.8, 4) is 0 Å². The number of esters is 1. The molecule has 0 saturated carbocycles. The topological polar surface area (TPSA) is 72.5 Å². The molecular weight excluding hydrogens is 496 g/mol. The standard InChI is InChI=1S/C32H36O7/c1-3-13-28(33)39-29-27(23-35-20-24-14-7-4-8-15-24)38-32(34-2)31(37-22-26-18-11-6-12-19-26)30(29)36-21-25-16-9-5-10-17-25/h3-19,27,29-32H,20-23H2,1-2H3/b13-3+/t27-,29-,30+,31-,32+/m1/s1. The van der Waals surface area contributed by atoms with Crippen molar-refractivity contribution in [1.29, 1.82) is 0 Å². The van der Waals surface area contributed by atoms with Crippen LogP contribution in [-0.2, 0) is 53.0 Å². The van der Waals surface area contributed by atoms with E-state index in [0.717, 1.165) is 16.7 Å². The van der Waals surface area contributed by atoms with Gasteiger partial charge in [-0.2, -0.15) is 0 Å². The lowest BCUT2D eigenvalue weighted by atomic mass is 9.98. The lowest BCUT2D eigenvalue weighted by Gasteiger charge is -2.45. The fourth-order valence-electron chi connectivity index (χ4n) is 4.42. The summed E-state index contributed by atoms with van der Waals surface area (Å²) in [6.07, 6.45) is -0.575. The first-order valence-corrected chi connectivity index (χ1v) is 13.1. The van der Waals surface area contributed by atoms with E-state index in [1.54, 1.807) is 20.1 Å². The fourth-order valence-corrected chi connectivity index (χ4v) is 4.42. The first-order valence-electron chi connectivity index (χ1n) is 13.1. The van der Waals surface area contributed by atoms with Crippen LogP contribution in [0.2, 0.25) is 0 Å². The average molecular weight is 533 g/mol. The molecule has 206 valence electrons. The maximum absolute atomic E-state index is 12.7. The van der Waals surface area contributed by atoms with Crippen LogP contribution >= 0.6 is 0 Å². The SMILES string of the molecule is C/C=C/C(=O)O[C@H]1[C@H](OCc2ccccc2)[C@@H](OCc2ccccc2)[C@@H](OC)O[C@@H]1COCc1ccccc1. The third-order valence-electron chi connectivity index (χ3n) is 6.34. The summed E-state index contributed by atoms with van der Waals surface area (Å²) < 4.78 is 36.8. The largest absolute Gasteiger partial charge is 0.453 e. The third kappa shape index (κ3) is 8.58.